The van der Waals surface area contributed by atoms with Gasteiger partial charge >= 0.3 is 6.03 Å². The van der Waals surface area contributed by atoms with E-state index >= 15 is 0 Å². The van der Waals surface area contributed by atoms with Crippen LogP contribution in [0.25, 0.3) is 5.69 Å². The van der Waals surface area contributed by atoms with Crippen LogP contribution in [0.5, 0.6) is 0 Å². The first-order valence-electron chi connectivity index (χ1n) is 8.96. The maximum absolute atomic E-state index is 13.3. The van der Waals surface area contributed by atoms with Crippen LogP contribution in [0.15, 0.2) is 48.5 Å². The molecule has 0 aliphatic carbocycles. The minimum absolute atomic E-state index is 0.0335. The first kappa shape index (κ1) is 19.9. The average molecular weight is 401 g/mol. The third-order valence-corrected chi connectivity index (χ3v) is 4.95. The van der Waals surface area contributed by atoms with Crippen LogP contribution in [0.4, 0.5) is 9.18 Å². The van der Waals surface area contributed by atoms with Crippen LogP contribution in [0, 0.1) is 19.7 Å². The average Bonchev–Trinajstić information content (AvgIpc) is 2.96. The molecule has 28 heavy (non-hydrogen) atoms. The fourth-order valence-corrected chi connectivity index (χ4v) is 3.22. The van der Waals surface area contributed by atoms with Gasteiger partial charge < -0.3 is 10.6 Å². The van der Waals surface area contributed by atoms with Crippen molar-refractivity contribution in [3.05, 3.63) is 81.9 Å². The number of rotatable bonds is 5. The van der Waals surface area contributed by atoms with Gasteiger partial charge in [-0.25, -0.2) is 13.9 Å². The van der Waals surface area contributed by atoms with E-state index in [2.05, 4.69) is 15.7 Å². The lowest BCUT2D eigenvalue weighted by molar-refractivity contribution is 0.237. The predicted octanol–water partition coefficient (Wildman–Crippen LogP) is 4.84. The molecule has 0 aliphatic rings. The van der Waals surface area contributed by atoms with Crippen molar-refractivity contribution in [2.45, 2.75) is 33.4 Å². The Morgan fingerprint density at radius 1 is 1.21 bits per heavy atom. The Hall–Kier alpha value is -2.86. The maximum atomic E-state index is 13.3. The molecule has 0 bridgehead atoms. The quantitative estimate of drug-likeness (QED) is 0.643. The molecular formula is C21H22ClFN4O. The van der Waals surface area contributed by atoms with Crippen LogP contribution >= 0.6 is 11.6 Å². The van der Waals surface area contributed by atoms with Crippen LogP contribution in [-0.4, -0.2) is 15.8 Å². The summed E-state index contributed by atoms with van der Waals surface area (Å²) in [5.41, 5.74) is 4.50. The Labute approximate surface area is 168 Å². The van der Waals surface area contributed by atoms with E-state index in [1.807, 2.05) is 55.8 Å². The highest BCUT2D eigenvalue weighted by atomic mass is 35.5. The maximum Gasteiger partial charge on any atom is 0.315 e. The second kappa shape index (κ2) is 8.44. The SMILES string of the molecule is Cc1nn(-c2ccccc2)c(C)c1CNC(=O)NC(C)c1ccc(F)c(Cl)c1. The molecule has 0 spiro atoms. The van der Waals surface area contributed by atoms with Gasteiger partial charge in [0.1, 0.15) is 5.82 Å². The fourth-order valence-electron chi connectivity index (χ4n) is 3.03. The summed E-state index contributed by atoms with van der Waals surface area (Å²) in [5, 5.41) is 10.3. The van der Waals surface area contributed by atoms with Crippen molar-refractivity contribution in [1.29, 1.82) is 0 Å². The summed E-state index contributed by atoms with van der Waals surface area (Å²) < 4.78 is 15.2. The standard InChI is InChI=1S/C21H22ClFN4O/c1-13(16-9-10-20(23)19(22)11-16)25-21(28)24-12-18-14(2)26-27(15(18)3)17-7-5-4-6-8-17/h4-11,13H,12H2,1-3H3,(H2,24,25,28). The van der Waals surface area contributed by atoms with E-state index < -0.39 is 5.82 Å². The third-order valence-electron chi connectivity index (χ3n) is 4.66. The van der Waals surface area contributed by atoms with Gasteiger partial charge in [-0.15, -0.1) is 0 Å². The first-order valence-corrected chi connectivity index (χ1v) is 9.34. The van der Waals surface area contributed by atoms with Gasteiger partial charge in [0.2, 0.25) is 0 Å². The molecule has 3 rings (SSSR count). The molecule has 1 unspecified atom stereocenters. The largest absolute Gasteiger partial charge is 0.334 e. The Balaban J connectivity index is 1.65. The number of halogens is 2. The molecule has 0 saturated carbocycles. The molecule has 5 nitrogen and oxygen atoms in total. The van der Waals surface area contributed by atoms with E-state index in [1.54, 1.807) is 6.07 Å². The zero-order valence-electron chi connectivity index (χ0n) is 16.0. The fraction of sp³-hybridized carbons (Fsp3) is 0.238. The van der Waals surface area contributed by atoms with Gasteiger partial charge in [0, 0.05) is 17.8 Å². The molecule has 1 atom stereocenters. The van der Waals surface area contributed by atoms with Crippen LogP contribution in [0.3, 0.4) is 0 Å². The molecule has 1 heterocycles. The van der Waals surface area contributed by atoms with Gasteiger partial charge in [-0.2, -0.15) is 5.10 Å². The lowest BCUT2D eigenvalue weighted by atomic mass is 10.1. The van der Waals surface area contributed by atoms with Crippen molar-refractivity contribution in [3.63, 3.8) is 0 Å². The number of nitrogens with one attached hydrogen (secondary N) is 2. The zero-order chi connectivity index (χ0) is 20.3. The molecular weight excluding hydrogens is 379 g/mol. The highest BCUT2D eigenvalue weighted by molar-refractivity contribution is 6.30. The van der Waals surface area contributed by atoms with E-state index in [1.165, 1.54) is 12.1 Å². The van der Waals surface area contributed by atoms with Crippen molar-refractivity contribution < 1.29 is 9.18 Å². The summed E-state index contributed by atoms with van der Waals surface area (Å²) in [6.07, 6.45) is 0. The summed E-state index contributed by atoms with van der Waals surface area (Å²) in [4.78, 5) is 12.3. The second-order valence-electron chi connectivity index (χ2n) is 6.62. The number of hydrogen-bond donors (Lipinski definition) is 2. The van der Waals surface area contributed by atoms with Crippen molar-refractivity contribution in [2.24, 2.45) is 0 Å². The minimum Gasteiger partial charge on any atom is -0.334 e. The Morgan fingerprint density at radius 2 is 1.93 bits per heavy atom. The number of carbonyl (C=O) groups is 1. The molecule has 0 saturated heterocycles. The number of carbonyl (C=O) groups excluding carboxylic acids is 1. The summed E-state index contributed by atoms with van der Waals surface area (Å²) in [7, 11) is 0. The summed E-state index contributed by atoms with van der Waals surface area (Å²) in [6, 6.07) is 13.6. The van der Waals surface area contributed by atoms with Gasteiger partial charge in [-0.3, -0.25) is 0 Å². The molecule has 2 amide bonds. The van der Waals surface area contributed by atoms with E-state index in [9.17, 15) is 9.18 Å². The van der Waals surface area contributed by atoms with Gasteiger partial charge in [0.15, 0.2) is 0 Å². The lowest BCUT2D eigenvalue weighted by Crippen LogP contribution is -2.36. The van der Waals surface area contributed by atoms with Crippen LogP contribution in [0.1, 0.15) is 35.5 Å². The van der Waals surface area contributed by atoms with Crippen LogP contribution in [0.2, 0.25) is 5.02 Å². The first-order chi connectivity index (χ1) is 13.4. The Bertz CT molecular complexity index is 988. The zero-order valence-corrected chi connectivity index (χ0v) is 16.7. The highest BCUT2D eigenvalue weighted by Gasteiger charge is 2.15. The molecule has 0 aliphatic heterocycles. The van der Waals surface area contributed by atoms with Gasteiger partial charge in [0.05, 0.1) is 22.4 Å². The van der Waals surface area contributed by atoms with E-state index in [4.69, 9.17) is 11.6 Å². The summed E-state index contributed by atoms with van der Waals surface area (Å²) >= 11 is 5.81. The molecule has 7 heteroatoms. The number of nitrogens with zero attached hydrogens (tertiary/aromatic N) is 2. The summed E-state index contributed by atoms with van der Waals surface area (Å²) in [6.45, 7) is 6.07. The summed E-state index contributed by atoms with van der Waals surface area (Å²) in [5.74, 6) is -0.483. The van der Waals surface area contributed by atoms with E-state index in [-0.39, 0.29) is 17.1 Å². The molecule has 146 valence electrons. The molecule has 2 N–H and O–H groups in total. The topological polar surface area (TPSA) is 59.0 Å². The van der Waals surface area contributed by atoms with Gasteiger partial charge in [-0.1, -0.05) is 35.9 Å². The van der Waals surface area contributed by atoms with Crippen molar-refractivity contribution >= 4 is 17.6 Å². The number of urea groups is 1. The van der Waals surface area contributed by atoms with Crippen molar-refractivity contribution in [1.82, 2.24) is 20.4 Å². The third kappa shape index (κ3) is 4.34. The molecule has 1 aromatic heterocycles. The number of amides is 2. The number of hydrogen-bond acceptors (Lipinski definition) is 2. The van der Waals surface area contributed by atoms with E-state index in [0.717, 1.165) is 28.2 Å². The van der Waals surface area contributed by atoms with Crippen molar-refractivity contribution in [3.8, 4) is 5.69 Å². The Kier molecular flexibility index (Phi) is 5.99. The van der Waals surface area contributed by atoms with Gasteiger partial charge in [-0.05, 0) is 50.6 Å². The van der Waals surface area contributed by atoms with Gasteiger partial charge in [0.25, 0.3) is 0 Å². The Morgan fingerprint density at radius 3 is 2.61 bits per heavy atom. The molecule has 3 aromatic rings. The number of aryl methyl sites for hydroxylation is 1. The monoisotopic (exact) mass is 400 g/mol. The molecule has 0 fully saturated rings. The second-order valence-corrected chi connectivity index (χ2v) is 7.03. The normalized spacial score (nSPS) is 11.9. The minimum atomic E-state index is -0.483. The van der Waals surface area contributed by atoms with Crippen LogP contribution < -0.4 is 10.6 Å². The van der Waals surface area contributed by atoms with Crippen molar-refractivity contribution in [2.75, 3.05) is 0 Å². The smallest absolute Gasteiger partial charge is 0.315 e. The lowest BCUT2D eigenvalue weighted by Gasteiger charge is -2.15. The number of para-hydroxylation sites is 1. The van der Waals surface area contributed by atoms with Crippen LogP contribution in [-0.2, 0) is 6.54 Å². The molecule has 2 aromatic carbocycles. The highest BCUT2D eigenvalue weighted by Crippen LogP contribution is 2.21. The number of aromatic nitrogens is 2. The van der Waals surface area contributed by atoms with E-state index in [0.29, 0.717) is 6.54 Å². The molecule has 0 radical (unpaired) electrons. The number of benzene rings is 2. The predicted molar refractivity (Wildman–Crippen MR) is 108 cm³/mol.